The van der Waals surface area contributed by atoms with Gasteiger partial charge < -0.3 is 0 Å². The summed E-state index contributed by atoms with van der Waals surface area (Å²) < 4.78 is 35.1. The Morgan fingerprint density at radius 1 is 1.19 bits per heavy atom. The second-order valence-electron chi connectivity index (χ2n) is 5.36. The molecule has 2 aromatic rings. The minimum atomic E-state index is -4.33. The van der Waals surface area contributed by atoms with Crippen LogP contribution in [0.25, 0.3) is 0 Å². The molecule has 0 radical (unpaired) electrons. The number of hydrogen-bond donors (Lipinski definition) is 1. The average Bonchev–Trinajstić information content (AvgIpc) is 2.55. The minimum Gasteiger partial charge on any atom is -0.269 e. The van der Waals surface area contributed by atoms with Crippen molar-refractivity contribution < 1.29 is 13.0 Å². The first-order valence-electron chi connectivity index (χ1n) is 7.87. The monoisotopic (exact) mass is 504 g/mol. The van der Waals surface area contributed by atoms with Crippen molar-refractivity contribution in [2.24, 2.45) is 10.2 Å². The largest absolute Gasteiger partial charge is 0.359 e. The van der Waals surface area contributed by atoms with E-state index in [4.69, 9.17) is 0 Å². The van der Waals surface area contributed by atoms with Gasteiger partial charge in [0.25, 0.3) is 0 Å². The molecule has 0 atom stereocenters. The molecule has 0 unspecified atom stereocenters. The van der Waals surface area contributed by atoms with Gasteiger partial charge in [0.15, 0.2) is 5.82 Å². The molecular weight excluding hydrogens is 488 g/mol. The molecule has 140 valence electrons. The third-order valence-corrected chi connectivity index (χ3v) is 5.49. The number of azo groups is 1. The van der Waals surface area contributed by atoms with E-state index in [1.54, 1.807) is 31.3 Å². The summed E-state index contributed by atoms with van der Waals surface area (Å²) in [5.41, 5.74) is 1.78. The molecule has 1 N–H and O–H groups in total. The molecular formula is C16H18Br2N4O3S. The molecule has 0 spiro atoms. The second-order valence-corrected chi connectivity index (χ2v) is 8.47. The van der Waals surface area contributed by atoms with Crippen LogP contribution in [0.3, 0.4) is 0 Å². The van der Waals surface area contributed by atoms with Gasteiger partial charge in [0, 0.05) is 17.2 Å². The number of aryl methyl sites for hydroxylation is 1. The number of anilines is 1. The fourth-order valence-corrected chi connectivity index (χ4v) is 4.21. The van der Waals surface area contributed by atoms with E-state index < -0.39 is 10.3 Å². The quantitative estimate of drug-likeness (QED) is 0.391. The van der Waals surface area contributed by atoms with Crippen LogP contribution in [0.5, 0.6) is 0 Å². The van der Waals surface area contributed by atoms with Gasteiger partial charge in [-0.1, -0.05) is 13.3 Å². The number of nitrogens with zero attached hydrogens (tertiary/aromatic N) is 4. The van der Waals surface area contributed by atoms with Gasteiger partial charge >= 0.3 is 10.3 Å². The predicted molar refractivity (Wildman–Crippen MR) is 109 cm³/mol. The van der Waals surface area contributed by atoms with Gasteiger partial charge in [-0.05, 0) is 75.0 Å². The van der Waals surface area contributed by atoms with E-state index in [1.807, 2.05) is 13.0 Å². The van der Waals surface area contributed by atoms with Crippen LogP contribution in [0.15, 0.2) is 49.6 Å². The topological polar surface area (TPSA) is 95.2 Å². The SMILES string of the molecule is CCCc1cc(N=Nc2ncc(Br)cc2Br)ccc1N(CC)S(=O)(=O)O. The smallest absolute Gasteiger partial charge is 0.269 e. The highest BCUT2D eigenvalue weighted by Gasteiger charge is 2.20. The number of aromatic nitrogens is 1. The lowest BCUT2D eigenvalue weighted by molar-refractivity contribution is 0.478. The Bertz CT molecular complexity index is 920. The van der Waals surface area contributed by atoms with Gasteiger partial charge in [-0.3, -0.25) is 4.55 Å². The maximum atomic E-state index is 11.6. The summed E-state index contributed by atoms with van der Waals surface area (Å²) in [6.07, 6.45) is 3.08. The van der Waals surface area contributed by atoms with Crippen molar-refractivity contribution in [1.29, 1.82) is 0 Å². The van der Waals surface area contributed by atoms with E-state index in [9.17, 15) is 13.0 Å². The first-order valence-corrected chi connectivity index (χ1v) is 10.9. The fourth-order valence-electron chi connectivity index (χ4n) is 2.39. The van der Waals surface area contributed by atoms with Gasteiger partial charge in [0.05, 0.1) is 15.8 Å². The molecule has 2 rings (SSSR count). The number of hydrogen-bond acceptors (Lipinski definition) is 5. The molecule has 10 heteroatoms. The summed E-state index contributed by atoms with van der Waals surface area (Å²) in [7, 11) is -4.33. The maximum absolute atomic E-state index is 11.6. The number of rotatable bonds is 7. The van der Waals surface area contributed by atoms with E-state index in [-0.39, 0.29) is 6.54 Å². The van der Waals surface area contributed by atoms with Crippen LogP contribution in [0, 0.1) is 0 Å². The second kappa shape index (κ2) is 9.03. The van der Waals surface area contributed by atoms with Gasteiger partial charge in [-0.25, -0.2) is 9.29 Å². The Balaban J connectivity index is 2.40. The molecule has 0 amide bonds. The van der Waals surface area contributed by atoms with Crippen LogP contribution in [0.4, 0.5) is 17.2 Å². The van der Waals surface area contributed by atoms with E-state index >= 15 is 0 Å². The summed E-state index contributed by atoms with van der Waals surface area (Å²) >= 11 is 6.70. The Hall–Kier alpha value is -1.36. The molecule has 0 aliphatic rings. The molecule has 0 aliphatic heterocycles. The summed E-state index contributed by atoms with van der Waals surface area (Å²) in [4.78, 5) is 4.17. The van der Waals surface area contributed by atoms with Gasteiger partial charge in [-0.15, -0.1) is 10.2 Å². The van der Waals surface area contributed by atoms with Crippen molar-refractivity contribution in [1.82, 2.24) is 4.98 Å². The maximum Gasteiger partial charge on any atom is 0.359 e. The van der Waals surface area contributed by atoms with Gasteiger partial charge in [-0.2, -0.15) is 8.42 Å². The normalized spacial score (nSPS) is 11.9. The third kappa shape index (κ3) is 5.32. The molecule has 0 saturated carbocycles. The molecule has 0 fully saturated rings. The van der Waals surface area contributed by atoms with Crippen LogP contribution in [-0.2, 0) is 16.7 Å². The Morgan fingerprint density at radius 2 is 1.92 bits per heavy atom. The molecule has 1 heterocycles. The molecule has 0 saturated heterocycles. The van der Waals surface area contributed by atoms with Crippen molar-refractivity contribution in [2.45, 2.75) is 26.7 Å². The lowest BCUT2D eigenvalue weighted by Gasteiger charge is -2.22. The molecule has 0 aliphatic carbocycles. The van der Waals surface area contributed by atoms with Crippen molar-refractivity contribution in [3.8, 4) is 0 Å². The fraction of sp³-hybridized carbons (Fsp3) is 0.312. The highest BCUT2D eigenvalue weighted by molar-refractivity contribution is 9.11. The number of halogens is 2. The van der Waals surface area contributed by atoms with E-state index in [1.165, 1.54) is 0 Å². The molecule has 0 bridgehead atoms. The third-order valence-electron chi connectivity index (χ3n) is 3.47. The van der Waals surface area contributed by atoms with Crippen LogP contribution in [0.1, 0.15) is 25.8 Å². The van der Waals surface area contributed by atoms with Gasteiger partial charge in [0.1, 0.15) is 0 Å². The average molecular weight is 506 g/mol. The highest BCUT2D eigenvalue weighted by atomic mass is 79.9. The lowest BCUT2D eigenvalue weighted by atomic mass is 10.1. The van der Waals surface area contributed by atoms with Gasteiger partial charge in [0.2, 0.25) is 0 Å². The number of pyridine rings is 1. The van der Waals surface area contributed by atoms with Crippen LogP contribution in [0.2, 0.25) is 0 Å². The summed E-state index contributed by atoms with van der Waals surface area (Å²) in [5, 5.41) is 8.31. The zero-order valence-corrected chi connectivity index (χ0v) is 18.2. The molecule has 1 aromatic carbocycles. The molecule has 26 heavy (non-hydrogen) atoms. The lowest BCUT2D eigenvalue weighted by Crippen LogP contribution is -2.30. The Labute approximate surface area is 169 Å². The van der Waals surface area contributed by atoms with Crippen LogP contribution >= 0.6 is 31.9 Å². The zero-order chi connectivity index (χ0) is 19.3. The van der Waals surface area contributed by atoms with Crippen molar-refractivity contribution >= 4 is 59.4 Å². The van der Waals surface area contributed by atoms with Crippen LogP contribution in [-0.4, -0.2) is 24.5 Å². The van der Waals surface area contributed by atoms with Crippen molar-refractivity contribution in [3.05, 3.63) is 45.0 Å². The van der Waals surface area contributed by atoms with E-state index in [0.29, 0.717) is 28.1 Å². The standard InChI is InChI=1S/C16H18Br2N4O3S/c1-3-5-11-8-13(6-7-15(11)22(4-2)26(23,24)25)20-21-16-14(18)9-12(17)10-19-16/h6-10H,3-5H2,1-2H3,(H,23,24,25). The minimum absolute atomic E-state index is 0.131. The molecule has 7 nitrogen and oxygen atoms in total. The Kier molecular flexibility index (Phi) is 7.27. The molecule has 1 aromatic heterocycles. The Morgan fingerprint density at radius 3 is 2.50 bits per heavy atom. The summed E-state index contributed by atoms with van der Waals surface area (Å²) in [6.45, 7) is 3.78. The van der Waals surface area contributed by atoms with Crippen molar-refractivity contribution in [2.75, 3.05) is 10.8 Å². The van der Waals surface area contributed by atoms with E-state index in [0.717, 1.165) is 20.8 Å². The summed E-state index contributed by atoms with van der Waals surface area (Å²) in [6, 6.07) is 6.86. The first-order chi connectivity index (χ1) is 12.3. The summed E-state index contributed by atoms with van der Waals surface area (Å²) in [5.74, 6) is 0.433. The number of benzene rings is 1. The first kappa shape index (κ1) is 20.9. The van der Waals surface area contributed by atoms with Crippen LogP contribution < -0.4 is 4.31 Å². The highest BCUT2D eigenvalue weighted by Crippen LogP contribution is 2.31. The predicted octanol–water partition coefficient (Wildman–Crippen LogP) is 5.60. The van der Waals surface area contributed by atoms with Crippen molar-refractivity contribution in [3.63, 3.8) is 0 Å². The zero-order valence-electron chi connectivity index (χ0n) is 14.2. The van der Waals surface area contributed by atoms with E-state index in [2.05, 4.69) is 47.1 Å².